The number of ether oxygens (including phenoxy) is 1. The van der Waals surface area contributed by atoms with Crippen LogP contribution < -0.4 is 20.1 Å². The molecule has 0 aliphatic carbocycles. The average molecular weight is 495 g/mol. The number of piperidine rings is 1. The lowest BCUT2D eigenvalue weighted by Crippen LogP contribution is -2.41. The van der Waals surface area contributed by atoms with Crippen LogP contribution in [0.4, 0.5) is 0 Å². The largest absolute Gasteiger partial charge is 0.527 e. The Bertz CT molecular complexity index is 1030. The van der Waals surface area contributed by atoms with Crippen molar-refractivity contribution in [1.82, 2.24) is 15.4 Å². The molecule has 9 nitrogen and oxygen atoms in total. The van der Waals surface area contributed by atoms with Gasteiger partial charge in [0.1, 0.15) is 5.75 Å². The van der Waals surface area contributed by atoms with Crippen LogP contribution in [0, 0.1) is 5.92 Å². The molecule has 1 amide bonds. The number of hydrogen-bond donors (Lipinski definition) is 4. The number of sulfonamides is 1. The Morgan fingerprint density at radius 1 is 1.12 bits per heavy atom. The third kappa shape index (κ3) is 7.87. The van der Waals surface area contributed by atoms with Gasteiger partial charge in [-0.15, -0.1) is 0 Å². The number of rotatable bonds is 11. The summed E-state index contributed by atoms with van der Waals surface area (Å²) >= 11 is 0. The van der Waals surface area contributed by atoms with Gasteiger partial charge in [0, 0.05) is 5.56 Å². The van der Waals surface area contributed by atoms with E-state index in [2.05, 4.69) is 15.4 Å². The van der Waals surface area contributed by atoms with E-state index in [9.17, 15) is 22.7 Å². The van der Waals surface area contributed by atoms with Crippen molar-refractivity contribution in [3.05, 3.63) is 60.2 Å². The highest BCUT2D eigenvalue weighted by Gasteiger charge is 2.34. The standard InChI is InChI=1S/C22H28N3O6PS/c26-22(18-6-8-19(9-7-18)31-15-12-17-10-13-23-14-11-17)24-16-21(32(27)28)25-33(29,30)20-4-2-1-3-5-20/h1-9,17,21,23,25H,10-16H2,(H-,24,26,27,28)/p+1/t21-/m1/s1. The molecule has 4 N–H and O–H groups in total. The summed E-state index contributed by atoms with van der Waals surface area (Å²) in [6.45, 7) is 2.37. The predicted octanol–water partition coefficient (Wildman–Crippen LogP) is 2.22. The first-order valence-electron chi connectivity index (χ1n) is 10.8. The molecule has 33 heavy (non-hydrogen) atoms. The smallest absolute Gasteiger partial charge is 0.494 e. The molecule has 1 aliphatic heterocycles. The molecule has 1 fully saturated rings. The molecule has 1 saturated heterocycles. The maximum atomic E-state index is 12.4. The highest BCUT2D eigenvalue weighted by atomic mass is 32.2. The predicted molar refractivity (Wildman–Crippen MR) is 125 cm³/mol. The molecule has 2 aromatic rings. The lowest BCUT2D eigenvalue weighted by atomic mass is 9.95. The van der Waals surface area contributed by atoms with Gasteiger partial charge in [-0.2, -0.15) is 9.62 Å². The summed E-state index contributed by atoms with van der Waals surface area (Å²) in [5, 5.41) is 5.84. The fourth-order valence-electron chi connectivity index (χ4n) is 3.52. The van der Waals surface area contributed by atoms with Gasteiger partial charge in [0.05, 0.1) is 18.0 Å². The molecule has 0 saturated carbocycles. The number of benzene rings is 2. The van der Waals surface area contributed by atoms with Crippen LogP contribution in [-0.2, 0) is 14.6 Å². The summed E-state index contributed by atoms with van der Waals surface area (Å²) < 4.78 is 44.4. The van der Waals surface area contributed by atoms with E-state index >= 15 is 0 Å². The monoisotopic (exact) mass is 494 g/mol. The Balaban J connectivity index is 1.49. The highest BCUT2D eigenvalue weighted by molar-refractivity contribution is 7.89. The molecular formula is C22H29N3O6PS+. The van der Waals surface area contributed by atoms with Crippen molar-refractivity contribution in [2.45, 2.75) is 29.9 Å². The molecule has 11 heteroatoms. The number of hydrogen-bond acceptors (Lipinski definition) is 6. The van der Waals surface area contributed by atoms with Crippen LogP contribution in [0.1, 0.15) is 29.6 Å². The van der Waals surface area contributed by atoms with Gasteiger partial charge in [-0.05, 0) is 79.2 Å². The molecule has 1 aliphatic rings. The van der Waals surface area contributed by atoms with Crippen molar-refractivity contribution in [2.75, 3.05) is 26.2 Å². The maximum Gasteiger partial charge on any atom is 0.527 e. The lowest BCUT2D eigenvalue weighted by molar-refractivity contribution is 0.0953. The summed E-state index contributed by atoms with van der Waals surface area (Å²) in [6, 6.07) is 14.1. The Kier molecular flexibility index (Phi) is 9.34. The van der Waals surface area contributed by atoms with E-state index in [0.717, 1.165) is 32.4 Å². The van der Waals surface area contributed by atoms with Gasteiger partial charge in [-0.1, -0.05) is 18.2 Å². The zero-order valence-electron chi connectivity index (χ0n) is 18.1. The van der Waals surface area contributed by atoms with E-state index in [1.807, 2.05) is 0 Å². The second kappa shape index (κ2) is 12.2. The maximum absolute atomic E-state index is 12.4. The Hall–Kier alpha value is -2.36. The fraction of sp³-hybridized carbons (Fsp3) is 0.409. The molecule has 3 rings (SSSR count). The van der Waals surface area contributed by atoms with Crippen molar-refractivity contribution in [3.63, 3.8) is 0 Å². The van der Waals surface area contributed by atoms with Crippen molar-refractivity contribution < 1.29 is 27.4 Å². The minimum absolute atomic E-state index is 0.0334. The number of amides is 1. The van der Waals surface area contributed by atoms with Crippen molar-refractivity contribution in [1.29, 1.82) is 0 Å². The summed E-state index contributed by atoms with van der Waals surface area (Å²) in [5.41, 5.74) is 0.332. The Labute approximate surface area is 194 Å². The van der Waals surface area contributed by atoms with Crippen molar-refractivity contribution >= 4 is 24.0 Å². The molecule has 178 valence electrons. The molecule has 0 radical (unpaired) electrons. The second-order valence-corrected chi connectivity index (χ2v) is 10.8. The Morgan fingerprint density at radius 3 is 2.42 bits per heavy atom. The van der Waals surface area contributed by atoms with Gasteiger partial charge in [-0.25, -0.2) is 8.42 Å². The molecule has 0 spiro atoms. The van der Waals surface area contributed by atoms with Crippen LogP contribution in [0.3, 0.4) is 0 Å². The minimum atomic E-state index is -4.01. The average Bonchev–Trinajstić information content (AvgIpc) is 2.83. The van der Waals surface area contributed by atoms with E-state index < -0.39 is 29.7 Å². The minimum Gasteiger partial charge on any atom is -0.494 e. The second-order valence-electron chi connectivity index (χ2n) is 7.82. The molecule has 2 atom stereocenters. The van der Waals surface area contributed by atoms with E-state index in [-0.39, 0.29) is 11.4 Å². The van der Waals surface area contributed by atoms with Crippen LogP contribution in [0.25, 0.3) is 0 Å². The third-order valence-electron chi connectivity index (χ3n) is 5.44. The van der Waals surface area contributed by atoms with Gasteiger partial charge in [0.2, 0.25) is 10.0 Å². The lowest BCUT2D eigenvalue weighted by Gasteiger charge is -2.22. The zero-order chi connectivity index (χ0) is 23.7. The van der Waals surface area contributed by atoms with Gasteiger partial charge >= 0.3 is 8.03 Å². The van der Waals surface area contributed by atoms with E-state index in [1.54, 1.807) is 42.5 Å². The van der Waals surface area contributed by atoms with E-state index in [0.29, 0.717) is 23.8 Å². The van der Waals surface area contributed by atoms with Crippen LogP contribution in [0.5, 0.6) is 5.75 Å². The van der Waals surface area contributed by atoms with Crippen molar-refractivity contribution in [3.8, 4) is 5.75 Å². The highest BCUT2D eigenvalue weighted by Crippen LogP contribution is 2.22. The quantitative estimate of drug-likeness (QED) is 0.352. The van der Waals surface area contributed by atoms with E-state index in [4.69, 9.17) is 4.74 Å². The number of carbonyl (C=O) groups is 1. The van der Waals surface area contributed by atoms with Crippen LogP contribution in [-0.4, -0.2) is 51.2 Å². The van der Waals surface area contributed by atoms with Gasteiger partial charge in [-0.3, -0.25) is 4.79 Å². The van der Waals surface area contributed by atoms with Gasteiger partial charge < -0.3 is 15.4 Å². The first-order valence-corrected chi connectivity index (χ1v) is 13.6. The van der Waals surface area contributed by atoms with Crippen LogP contribution in [0.15, 0.2) is 59.5 Å². The third-order valence-corrected chi connectivity index (χ3v) is 7.94. The van der Waals surface area contributed by atoms with Gasteiger partial charge in [0.25, 0.3) is 11.7 Å². The summed E-state index contributed by atoms with van der Waals surface area (Å²) in [4.78, 5) is 21.9. The zero-order valence-corrected chi connectivity index (χ0v) is 19.9. The molecule has 0 aromatic heterocycles. The van der Waals surface area contributed by atoms with Gasteiger partial charge in [0.15, 0.2) is 0 Å². The number of nitrogens with one attached hydrogen (secondary N) is 3. The molecule has 1 heterocycles. The fourth-order valence-corrected chi connectivity index (χ4v) is 5.64. The SMILES string of the molecule is O=C(NC[C@H](NS(=O)(=O)c1ccccc1)[P+](=O)O)c1ccc(OCCC2CCNCC2)cc1. The topological polar surface area (TPSA) is 134 Å². The Morgan fingerprint density at radius 2 is 1.79 bits per heavy atom. The summed E-state index contributed by atoms with van der Waals surface area (Å²) in [5.74, 6) is -0.530. The summed E-state index contributed by atoms with van der Waals surface area (Å²) in [7, 11) is -6.92. The van der Waals surface area contributed by atoms with E-state index in [1.165, 1.54) is 12.1 Å². The number of carbonyl (C=O) groups excluding carboxylic acids is 1. The summed E-state index contributed by atoms with van der Waals surface area (Å²) in [6.07, 6.45) is 3.30. The van der Waals surface area contributed by atoms with Crippen LogP contribution >= 0.6 is 8.03 Å². The molecule has 0 bridgehead atoms. The molecule has 2 aromatic carbocycles. The first-order chi connectivity index (χ1) is 15.8. The molecule has 1 unspecified atom stereocenters. The van der Waals surface area contributed by atoms with Crippen LogP contribution in [0.2, 0.25) is 0 Å². The normalized spacial score (nSPS) is 16.1. The molecular weight excluding hydrogens is 465 g/mol. The first kappa shape index (κ1) is 25.3. The van der Waals surface area contributed by atoms with Crippen molar-refractivity contribution in [2.24, 2.45) is 5.92 Å².